The fraction of sp³-hybridized carbons (Fsp3) is 0.167. The zero-order valence-electron chi connectivity index (χ0n) is 16.4. The van der Waals surface area contributed by atoms with Crippen molar-refractivity contribution in [2.24, 2.45) is 0 Å². The molecule has 0 saturated heterocycles. The summed E-state index contributed by atoms with van der Waals surface area (Å²) >= 11 is 0. The number of hydrogen-bond donors (Lipinski definition) is 2. The number of aliphatic hydroxyl groups excluding tert-OH is 1. The Labute approximate surface area is 176 Å². The molecule has 0 unspecified atom stereocenters. The molecule has 0 fully saturated rings. The number of furan rings is 1. The molecule has 1 aromatic heterocycles. The van der Waals surface area contributed by atoms with E-state index in [-0.39, 0.29) is 19.0 Å². The lowest BCUT2D eigenvalue weighted by Gasteiger charge is -2.13. The van der Waals surface area contributed by atoms with Gasteiger partial charge >= 0.3 is 0 Å². The van der Waals surface area contributed by atoms with Crippen molar-refractivity contribution in [2.45, 2.75) is 12.6 Å². The molecule has 0 aliphatic heterocycles. The van der Waals surface area contributed by atoms with Gasteiger partial charge in [-0.15, -0.1) is 0 Å². The van der Waals surface area contributed by atoms with Crippen molar-refractivity contribution in [3.63, 3.8) is 0 Å². The summed E-state index contributed by atoms with van der Waals surface area (Å²) < 4.78 is 50.6. The van der Waals surface area contributed by atoms with E-state index in [1.54, 1.807) is 18.2 Å². The number of benzene rings is 3. The zero-order chi connectivity index (χ0) is 21.8. The van der Waals surface area contributed by atoms with Gasteiger partial charge in [-0.3, -0.25) is 0 Å². The Morgan fingerprint density at radius 3 is 2.52 bits per heavy atom. The molecule has 0 spiro atoms. The van der Waals surface area contributed by atoms with E-state index in [4.69, 9.17) is 9.15 Å². The van der Waals surface area contributed by atoms with Gasteiger partial charge in [0.2, 0.25) is 0 Å². The molecule has 0 radical (unpaired) electrons. The summed E-state index contributed by atoms with van der Waals surface area (Å²) in [6.07, 6.45) is 0.732. The smallest absolute Gasteiger partial charge is 0.159 e. The second-order valence-corrected chi connectivity index (χ2v) is 7.16. The lowest BCUT2D eigenvalue weighted by Crippen LogP contribution is -2.31. The molecule has 2 N–H and O–H groups in total. The van der Waals surface area contributed by atoms with E-state index in [0.29, 0.717) is 29.0 Å². The Balaban J connectivity index is 1.28. The van der Waals surface area contributed by atoms with Crippen LogP contribution in [0, 0.1) is 17.5 Å². The van der Waals surface area contributed by atoms with Crippen LogP contribution in [0.1, 0.15) is 5.56 Å². The quantitative estimate of drug-likeness (QED) is 0.413. The van der Waals surface area contributed by atoms with Crippen molar-refractivity contribution in [3.8, 4) is 17.1 Å². The highest BCUT2D eigenvalue weighted by molar-refractivity contribution is 5.94. The van der Waals surface area contributed by atoms with Crippen molar-refractivity contribution >= 4 is 10.8 Å². The molecule has 160 valence electrons. The molecule has 4 aromatic rings. The third kappa shape index (κ3) is 5.07. The molecule has 0 amide bonds. The Hall–Kier alpha value is -3.29. The van der Waals surface area contributed by atoms with E-state index >= 15 is 0 Å². The number of aliphatic hydroxyl groups is 1. The largest absolute Gasteiger partial charge is 0.491 e. The molecule has 4 nitrogen and oxygen atoms in total. The zero-order valence-corrected chi connectivity index (χ0v) is 16.4. The Bertz CT molecular complexity index is 1170. The van der Waals surface area contributed by atoms with Crippen LogP contribution >= 0.6 is 0 Å². The van der Waals surface area contributed by atoms with Crippen molar-refractivity contribution < 1.29 is 27.4 Å². The molecular formula is C24H20F3NO3. The first-order valence-electron chi connectivity index (χ1n) is 9.72. The first kappa shape index (κ1) is 21.0. The maximum absolute atomic E-state index is 13.3. The minimum atomic E-state index is -0.902. The summed E-state index contributed by atoms with van der Waals surface area (Å²) in [5.74, 6) is -0.895. The van der Waals surface area contributed by atoms with Crippen molar-refractivity contribution in [1.29, 1.82) is 0 Å². The van der Waals surface area contributed by atoms with E-state index in [1.807, 2.05) is 12.1 Å². The predicted molar refractivity (Wildman–Crippen MR) is 111 cm³/mol. The Morgan fingerprint density at radius 2 is 1.74 bits per heavy atom. The van der Waals surface area contributed by atoms with Gasteiger partial charge in [-0.1, -0.05) is 6.07 Å². The van der Waals surface area contributed by atoms with Gasteiger partial charge in [0.1, 0.15) is 30.0 Å². The molecule has 0 saturated carbocycles. The molecule has 0 aliphatic rings. The maximum Gasteiger partial charge on any atom is 0.159 e. The normalized spacial score (nSPS) is 12.3. The van der Waals surface area contributed by atoms with Crippen LogP contribution in [0.5, 0.6) is 5.75 Å². The van der Waals surface area contributed by atoms with Gasteiger partial charge in [0, 0.05) is 29.4 Å². The highest BCUT2D eigenvalue weighted by Gasteiger charge is 2.11. The van der Waals surface area contributed by atoms with Gasteiger partial charge in [0.15, 0.2) is 11.6 Å². The molecular weight excluding hydrogens is 407 g/mol. The number of nitrogens with one attached hydrogen (secondary N) is 1. The van der Waals surface area contributed by atoms with Gasteiger partial charge < -0.3 is 19.6 Å². The average molecular weight is 427 g/mol. The summed E-state index contributed by atoms with van der Waals surface area (Å²) in [7, 11) is 0. The van der Waals surface area contributed by atoms with E-state index in [2.05, 4.69) is 5.32 Å². The lowest BCUT2D eigenvalue weighted by molar-refractivity contribution is 0.106. The van der Waals surface area contributed by atoms with Crippen LogP contribution in [0.2, 0.25) is 0 Å². The van der Waals surface area contributed by atoms with Gasteiger partial charge in [0.25, 0.3) is 0 Å². The van der Waals surface area contributed by atoms with Crippen LogP contribution in [0.25, 0.3) is 22.1 Å². The number of hydrogen-bond acceptors (Lipinski definition) is 4. The first-order valence-corrected chi connectivity index (χ1v) is 9.72. The second kappa shape index (κ2) is 9.24. The maximum atomic E-state index is 13.3. The monoisotopic (exact) mass is 427 g/mol. The van der Waals surface area contributed by atoms with Crippen LogP contribution in [0.15, 0.2) is 71.3 Å². The summed E-state index contributed by atoms with van der Waals surface area (Å²) in [5, 5.41) is 14.5. The first-order chi connectivity index (χ1) is 15.0. The fourth-order valence-corrected chi connectivity index (χ4v) is 3.23. The third-order valence-corrected chi connectivity index (χ3v) is 4.81. The molecule has 1 atom stereocenters. The Kier molecular flexibility index (Phi) is 6.25. The summed E-state index contributed by atoms with van der Waals surface area (Å²) in [4.78, 5) is 0. The molecule has 7 heteroatoms. The van der Waals surface area contributed by atoms with Gasteiger partial charge in [0.05, 0.1) is 6.26 Å². The summed E-state index contributed by atoms with van der Waals surface area (Å²) in [6.45, 7) is 0.586. The highest BCUT2D eigenvalue weighted by Crippen LogP contribution is 2.31. The summed E-state index contributed by atoms with van der Waals surface area (Å²) in [6, 6.07) is 15.3. The fourth-order valence-electron chi connectivity index (χ4n) is 3.23. The number of rotatable bonds is 8. The average Bonchev–Trinajstić information content (AvgIpc) is 3.18. The predicted octanol–water partition coefficient (Wildman–Crippen LogP) is 5.05. The highest BCUT2D eigenvalue weighted by atomic mass is 19.2. The lowest BCUT2D eigenvalue weighted by atomic mass is 10.1. The third-order valence-electron chi connectivity index (χ3n) is 4.81. The summed E-state index contributed by atoms with van der Waals surface area (Å²) in [5.41, 5.74) is 1.40. The van der Waals surface area contributed by atoms with Gasteiger partial charge in [-0.25, -0.2) is 13.2 Å². The standard InChI is InChI=1S/C24H20F3NO3/c25-18-4-7-21-17(10-18)13-31-24(21)16-2-5-20(6-3-16)30-14-19(29)12-28-11-15-1-8-22(26)23(27)9-15/h1-10,13,19,28-29H,11-12,14H2/t19-/m1/s1. The molecule has 0 bridgehead atoms. The van der Waals surface area contributed by atoms with Crippen LogP contribution in [-0.4, -0.2) is 24.4 Å². The second-order valence-electron chi connectivity index (χ2n) is 7.16. The molecule has 1 heterocycles. The van der Waals surface area contributed by atoms with Crippen molar-refractivity contribution in [1.82, 2.24) is 5.32 Å². The minimum absolute atomic E-state index is 0.0626. The van der Waals surface area contributed by atoms with Crippen LogP contribution in [0.4, 0.5) is 13.2 Å². The van der Waals surface area contributed by atoms with Crippen LogP contribution in [0.3, 0.4) is 0 Å². The SMILES string of the molecule is O[C@H](CNCc1ccc(F)c(F)c1)COc1ccc(-c2occ3cc(F)ccc23)cc1. The van der Waals surface area contributed by atoms with Crippen LogP contribution < -0.4 is 10.1 Å². The van der Waals surface area contributed by atoms with E-state index < -0.39 is 17.7 Å². The van der Waals surface area contributed by atoms with E-state index in [0.717, 1.165) is 23.1 Å². The molecule has 4 rings (SSSR count). The van der Waals surface area contributed by atoms with E-state index in [1.165, 1.54) is 24.5 Å². The molecule has 31 heavy (non-hydrogen) atoms. The van der Waals surface area contributed by atoms with Crippen LogP contribution in [-0.2, 0) is 6.54 Å². The number of halogens is 3. The van der Waals surface area contributed by atoms with Gasteiger partial charge in [-0.05, 0) is 60.2 Å². The van der Waals surface area contributed by atoms with E-state index in [9.17, 15) is 18.3 Å². The minimum Gasteiger partial charge on any atom is -0.491 e. The molecule has 0 aliphatic carbocycles. The van der Waals surface area contributed by atoms with Crippen molar-refractivity contribution in [3.05, 3.63) is 89.9 Å². The van der Waals surface area contributed by atoms with Crippen molar-refractivity contribution in [2.75, 3.05) is 13.2 Å². The number of fused-ring (bicyclic) bond motifs is 1. The Morgan fingerprint density at radius 1 is 0.935 bits per heavy atom. The molecule has 3 aromatic carbocycles. The topological polar surface area (TPSA) is 54.6 Å². The number of ether oxygens (including phenoxy) is 1. The van der Waals surface area contributed by atoms with Gasteiger partial charge in [-0.2, -0.15) is 0 Å².